The number of ether oxygens (including phenoxy) is 1. The van der Waals surface area contributed by atoms with E-state index in [9.17, 15) is 0 Å². The van der Waals surface area contributed by atoms with Crippen LogP contribution in [0.15, 0.2) is 0 Å². The smallest absolute Gasteiger partial charge is 0.0872 e. The van der Waals surface area contributed by atoms with E-state index in [4.69, 9.17) is 4.74 Å². The average molecular weight is 126 g/mol. The molecule has 1 aliphatic heterocycles. The number of rotatable bonds is 2. The minimum atomic E-state index is 0.623. The van der Waals surface area contributed by atoms with Gasteiger partial charge in [-0.25, -0.2) is 0 Å². The van der Waals surface area contributed by atoms with E-state index in [0.29, 0.717) is 12.2 Å². The van der Waals surface area contributed by atoms with E-state index in [-0.39, 0.29) is 0 Å². The number of hydrogen-bond acceptors (Lipinski definition) is 1. The molecule has 1 saturated heterocycles. The van der Waals surface area contributed by atoms with Gasteiger partial charge in [0.05, 0.1) is 12.2 Å². The Morgan fingerprint density at radius 3 is 2.33 bits per heavy atom. The molecule has 2 atom stereocenters. The molecule has 0 N–H and O–H groups in total. The van der Waals surface area contributed by atoms with Crippen LogP contribution in [0.5, 0.6) is 0 Å². The lowest BCUT2D eigenvalue weighted by atomic mass is 10.1. The summed E-state index contributed by atoms with van der Waals surface area (Å²) in [4.78, 5) is 0. The van der Waals surface area contributed by atoms with E-state index in [1.54, 1.807) is 0 Å². The monoisotopic (exact) mass is 126 g/mol. The van der Waals surface area contributed by atoms with E-state index in [1.807, 2.05) is 0 Å². The Bertz CT molecular complexity index is 110. The van der Waals surface area contributed by atoms with Gasteiger partial charge < -0.3 is 4.74 Å². The summed E-state index contributed by atoms with van der Waals surface area (Å²) in [5.74, 6) is 1.70. The lowest BCUT2D eigenvalue weighted by Crippen LogP contribution is -2.02. The van der Waals surface area contributed by atoms with Crippen LogP contribution in [0.2, 0.25) is 0 Å². The van der Waals surface area contributed by atoms with Crippen molar-refractivity contribution in [3.63, 3.8) is 0 Å². The van der Waals surface area contributed by atoms with E-state index < -0.39 is 0 Å². The van der Waals surface area contributed by atoms with Gasteiger partial charge in [-0.3, -0.25) is 0 Å². The highest BCUT2D eigenvalue weighted by Gasteiger charge is 2.50. The third kappa shape index (κ3) is 0.983. The van der Waals surface area contributed by atoms with E-state index >= 15 is 0 Å². The summed E-state index contributed by atoms with van der Waals surface area (Å²) in [5.41, 5.74) is 0. The number of hydrogen-bond donors (Lipinski definition) is 0. The summed E-state index contributed by atoms with van der Waals surface area (Å²) in [5, 5.41) is 0. The topological polar surface area (TPSA) is 12.5 Å². The first kappa shape index (κ1) is 5.72. The van der Waals surface area contributed by atoms with Crippen molar-refractivity contribution in [1.29, 1.82) is 0 Å². The molecule has 1 heteroatoms. The molecule has 0 unspecified atom stereocenters. The number of epoxide rings is 1. The van der Waals surface area contributed by atoms with Gasteiger partial charge >= 0.3 is 0 Å². The highest BCUT2D eigenvalue weighted by molar-refractivity contribution is 4.97. The Labute approximate surface area is 56.4 Å². The molecule has 52 valence electrons. The standard InChI is InChI=1S/C8H14O/c1-5(2)7-8(9-7)6-3-4-6/h5-8H,3-4H2,1-2H3/t7-,8+/m0/s1. The lowest BCUT2D eigenvalue weighted by Gasteiger charge is -1.94. The lowest BCUT2D eigenvalue weighted by molar-refractivity contribution is 0.326. The van der Waals surface area contributed by atoms with Crippen molar-refractivity contribution in [2.75, 3.05) is 0 Å². The second-order valence-corrected chi connectivity index (χ2v) is 3.65. The maximum Gasteiger partial charge on any atom is 0.0872 e. The van der Waals surface area contributed by atoms with Crippen LogP contribution < -0.4 is 0 Å². The minimum Gasteiger partial charge on any atom is -0.369 e. The highest BCUT2D eigenvalue weighted by Crippen LogP contribution is 2.46. The van der Waals surface area contributed by atoms with Crippen molar-refractivity contribution in [3.8, 4) is 0 Å². The van der Waals surface area contributed by atoms with Crippen molar-refractivity contribution in [3.05, 3.63) is 0 Å². The Morgan fingerprint density at radius 1 is 1.33 bits per heavy atom. The zero-order valence-electron chi connectivity index (χ0n) is 6.13. The molecular weight excluding hydrogens is 112 g/mol. The SMILES string of the molecule is CC(C)[C@@H]1O[C@@H]1C1CC1. The molecule has 0 aromatic rings. The second-order valence-electron chi connectivity index (χ2n) is 3.65. The fraction of sp³-hybridized carbons (Fsp3) is 1.00. The predicted octanol–water partition coefficient (Wildman–Crippen LogP) is 1.82. The molecule has 2 fully saturated rings. The van der Waals surface area contributed by atoms with Gasteiger partial charge in [0.15, 0.2) is 0 Å². The minimum absolute atomic E-state index is 0.623. The normalized spacial score (nSPS) is 41.7. The summed E-state index contributed by atoms with van der Waals surface area (Å²) in [6.45, 7) is 4.49. The molecule has 0 spiro atoms. The van der Waals surface area contributed by atoms with E-state index in [2.05, 4.69) is 13.8 Å². The van der Waals surface area contributed by atoms with Gasteiger partial charge in [-0.2, -0.15) is 0 Å². The van der Waals surface area contributed by atoms with Gasteiger partial charge in [0, 0.05) is 0 Å². The maximum absolute atomic E-state index is 5.50. The van der Waals surface area contributed by atoms with Crippen LogP contribution >= 0.6 is 0 Å². The largest absolute Gasteiger partial charge is 0.369 e. The predicted molar refractivity (Wildman–Crippen MR) is 36.2 cm³/mol. The molecule has 0 amide bonds. The Kier molecular flexibility index (Phi) is 1.10. The molecule has 0 radical (unpaired) electrons. The molecule has 1 saturated carbocycles. The summed E-state index contributed by atoms with van der Waals surface area (Å²) in [6, 6.07) is 0. The molecule has 0 aromatic carbocycles. The summed E-state index contributed by atoms with van der Waals surface area (Å²) < 4.78 is 5.50. The molecule has 1 aliphatic carbocycles. The summed E-state index contributed by atoms with van der Waals surface area (Å²) in [7, 11) is 0. The van der Waals surface area contributed by atoms with Gasteiger partial charge in [-0.1, -0.05) is 13.8 Å². The Balaban J connectivity index is 1.81. The maximum atomic E-state index is 5.50. The van der Waals surface area contributed by atoms with Gasteiger partial charge in [-0.15, -0.1) is 0 Å². The molecule has 0 aromatic heterocycles. The van der Waals surface area contributed by atoms with Crippen LogP contribution in [-0.4, -0.2) is 12.2 Å². The Hall–Kier alpha value is -0.0400. The van der Waals surface area contributed by atoms with E-state index in [0.717, 1.165) is 11.8 Å². The third-order valence-corrected chi connectivity index (χ3v) is 2.31. The van der Waals surface area contributed by atoms with Crippen molar-refractivity contribution >= 4 is 0 Å². The quantitative estimate of drug-likeness (QED) is 0.514. The fourth-order valence-corrected chi connectivity index (χ4v) is 1.48. The van der Waals surface area contributed by atoms with E-state index in [1.165, 1.54) is 12.8 Å². The molecule has 2 rings (SSSR count). The van der Waals surface area contributed by atoms with Crippen molar-refractivity contribution in [2.45, 2.75) is 38.9 Å². The first-order valence-corrected chi connectivity index (χ1v) is 3.94. The van der Waals surface area contributed by atoms with Crippen molar-refractivity contribution < 1.29 is 4.74 Å². The van der Waals surface area contributed by atoms with Gasteiger partial charge in [0.1, 0.15) is 0 Å². The molecule has 0 bridgehead atoms. The fourth-order valence-electron chi connectivity index (χ4n) is 1.48. The van der Waals surface area contributed by atoms with Crippen molar-refractivity contribution in [1.82, 2.24) is 0 Å². The molecule has 2 aliphatic rings. The van der Waals surface area contributed by atoms with Gasteiger partial charge in [-0.05, 0) is 24.7 Å². The van der Waals surface area contributed by atoms with Crippen molar-refractivity contribution in [2.24, 2.45) is 11.8 Å². The van der Waals surface area contributed by atoms with Crippen LogP contribution in [0.1, 0.15) is 26.7 Å². The first-order chi connectivity index (χ1) is 4.29. The molecule has 1 nitrogen and oxygen atoms in total. The first-order valence-electron chi connectivity index (χ1n) is 3.94. The van der Waals surface area contributed by atoms with Crippen LogP contribution in [-0.2, 0) is 4.74 Å². The molecule has 1 heterocycles. The summed E-state index contributed by atoms with van der Waals surface area (Å²) >= 11 is 0. The zero-order valence-corrected chi connectivity index (χ0v) is 6.13. The molecular formula is C8H14O. The third-order valence-electron chi connectivity index (χ3n) is 2.31. The zero-order chi connectivity index (χ0) is 6.43. The highest BCUT2D eigenvalue weighted by atomic mass is 16.6. The van der Waals surface area contributed by atoms with Crippen LogP contribution in [0, 0.1) is 11.8 Å². The average Bonchev–Trinajstić information content (AvgIpc) is 2.60. The van der Waals surface area contributed by atoms with Gasteiger partial charge in [0.2, 0.25) is 0 Å². The Morgan fingerprint density at radius 2 is 2.00 bits per heavy atom. The second kappa shape index (κ2) is 1.72. The van der Waals surface area contributed by atoms with Crippen LogP contribution in [0.25, 0.3) is 0 Å². The molecule has 9 heavy (non-hydrogen) atoms. The summed E-state index contributed by atoms with van der Waals surface area (Å²) in [6.07, 6.45) is 4.14. The van der Waals surface area contributed by atoms with Crippen LogP contribution in [0.3, 0.4) is 0 Å². The van der Waals surface area contributed by atoms with Gasteiger partial charge in [0.25, 0.3) is 0 Å². The van der Waals surface area contributed by atoms with Crippen LogP contribution in [0.4, 0.5) is 0 Å².